The first-order chi connectivity index (χ1) is 5.16. The number of halogens is 2. The van der Waals surface area contributed by atoms with Crippen LogP contribution in [0.3, 0.4) is 0 Å². The molecule has 0 aromatic carbocycles. The number of rotatable bonds is 1. The molecule has 1 amide bonds. The Kier molecular flexibility index (Phi) is 6.57. The van der Waals surface area contributed by atoms with Crippen molar-refractivity contribution in [3.8, 4) is 0 Å². The normalized spacial score (nSPS) is 12.2. The summed E-state index contributed by atoms with van der Waals surface area (Å²) in [5, 5.41) is 0. The molecule has 0 fully saturated rings. The van der Waals surface area contributed by atoms with Gasteiger partial charge in [-0.2, -0.15) is 0 Å². The number of carbonyl (C=O) groups excluding carboxylic acids is 1. The second-order valence-corrected chi connectivity index (χ2v) is 2.36. The van der Waals surface area contributed by atoms with Gasteiger partial charge in [-0.05, 0) is 0 Å². The molecule has 1 aliphatic rings. The Labute approximate surface area is 88.9 Å². The Morgan fingerprint density at radius 2 is 2.08 bits per heavy atom. The third-order valence-corrected chi connectivity index (χ3v) is 1.36. The molecule has 0 spiro atoms. The number of likely N-dealkylation sites (N-methyl/N-ethyl adjacent to an activating group) is 1. The van der Waals surface area contributed by atoms with Crippen molar-refractivity contribution in [3.63, 3.8) is 0 Å². The van der Waals surface area contributed by atoms with Crippen LogP contribution in [-0.2, 0) is 4.79 Å². The number of nitrogens with two attached hydrogens (primary N) is 1. The molecular formula is C6H12Cl2N4O. The van der Waals surface area contributed by atoms with E-state index in [9.17, 15) is 4.79 Å². The number of hydrogen-bond acceptors (Lipinski definition) is 4. The zero-order chi connectivity index (χ0) is 8.43. The van der Waals surface area contributed by atoms with E-state index in [2.05, 4.69) is 4.99 Å². The zero-order valence-electron chi connectivity index (χ0n) is 7.27. The Morgan fingerprint density at radius 3 is 2.31 bits per heavy atom. The maximum absolute atomic E-state index is 10.9. The van der Waals surface area contributed by atoms with Crippen LogP contribution in [0.15, 0.2) is 16.8 Å². The SMILES string of the molecule is CN(C)C1=NC=C1C(=O)NN.Cl.Cl. The van der Waals surface area contributed by atoms with E-state index in [-0.39, 0.29) is 30.7 Å². The van der Waals surface area contributed by atoms with Crippen LogP contribution in [-0.4, -0.2) is 30.7 Å². The van der Waals surface area contributed by atoms with Gasteiger partial charge in [-0.15, -0.1) is 24.8 Å². The van der Waals surface area contributed by atoms with Crippen LogP contribution in [0.4, 0.5) is 0 Å². The molecule has 0 atom stereocenters. The van der Waals surface area contributed by atoms with Crippen LogP contribution in [0.2, 0.25) is 0 Å². The van der Waals surface area contributed by atoms with E-state index in [1.54, 1.807) is 4.90 Å². The van der Waals surface area contributed by atoms with Crippen molar-refractivity contribution in [2.45, 2.75) is 0 Å². The summed E-state index contributed by atoms with van der Waals surface area (Å²) in [6.07, 6.45) is 1.48. The minimum absolute atomic E-state index is 0. The topological polar surface area (TPSA) is 70.7 Å². The molecule has 1 aliphatic heterocycles. The summed E-state index contributed by atoms with van der Waals surface area (Å²) in [4.78, 5) is 16.5. The summed E-state index contributed by atoms with van der Waals surface area (Å²) >= 11 is 0. The van der Waals surface area contributed by atoms with E-state index in [4.69, 9.17) is 5.84 Å². The van der Waals surface area contributed by atoms with E-state index >= 15 is 0 Å². The second kappa shape index (κ2) is 5.80. The van der Waals surface area contributed by atoms with Crippen molar-refractivity contribution >= 4 is 36.6 Å². The highest BCUT2D eigenvalue weighted by Gasteiger charge is 2.21. The van der Waals surface area contributed by atoms with Gasteiger partial charge in [0.1, 0.15) is 11.4 Å². The van der Waals surface area contributed by atoms with Crippen LogP contribution in [0.1, 0.15) is 0 Å². The average Bonchev–Trinajstić information content (AvgIpc) is 1.83. The summed E-state index contributed by atoms with van der Waals surface area (Å²) in [5.41, 5.74) is 2.56. The summed E-state index contributed by atoms with van der Waals surface area (Å²) in [6, 6.07) is 0. The van der Waals surface area contributed by atoms with Gasteiger partial charge in [0.15, 0.2) is 0 Å². The molecule has 0 saturated carbocycles. The van der Waals surface area contributed by atoms with Crippen molar-refractivity contribution in [3.05, 3.63) is 11.8 Å². The van der Waals surface area contributed by atoms with Gasteiger partial charge in [0, 0.05) is 20.3 Å². The van der Waals surface area contributed by atoms with Gasteiger partial charge in [-0.1, -0.05) is 0 Å². The molecule has 0 saturated heterocycles. The fourth-order valence-corrected chi connectivity index (χ4v) is 0.781. The molecule has 5 nitrogen and oxygen atoms in total. The third-order valence-electron chi connectivity index (χ3n) is 1.36. The smallest absolute Gasteiger partial charge is 0.270 e. The van der Waals surface area contributed by atoms with E-state index in [0.29, 0.717) is 11.4 Å². The highest BCUT2D eigenvalue weighted by atomic mass is 35.5. The minimum atomic E-state index is -0.302. The largest absolute Gasteiger partial charge is 0.362 e. The summed E-state index contributed by atoms with van der Waals surface area (Å²) in [6.45, 7) is 0. The molecular weight excluding hydrogens is 215 g/mol. The second-order valence-electron chi connectivity index (χ2n) is 2.36. The number of aliphatic imine (C=N–C) groups is 1. The quantitative estimate of drug-likeness (QED) is 0.366. The first-order valence-electron chi connectivity index (χ1n) is 3.13. The Bertz CT molecular complexity index is 249. The van der Waals surface area contributed by atoms with E-state index < -0.39 is 0 Å². The molecule has 0 unspecified atom stereocenters. The van der Waals surface area contributed by atoms with Crippen LogP contribution in [0.5, 0.6) is 0 Å². The predicted molar refractivity (Wildman–Crippen MR) is 56.0 cm³/mol. The lowest BCUT2D eigenvalue weighted by atomic mass is 10.2. The number of amidine groups is 1. The molecule has 0 bridgehead atoms. The molecule has 7 heteroatoms. The summed E-state index contributed by atoms with van der Waals surface area (Å²) in [7, 11) is 3.63. The summed E-state index contributed by atoms with van der Waals surface area (Å²) < 4.78 is 0. The van der Waals surface area contributed by atoms with E-state index in [0.717, 1.165) is 0 Å². The highest BCUT2D eigenvalue weighted by molar-refractivity contribution is 6.23. The van der Waals surface area contributed by atoms with Crippen LogP contribution < -0.4 is 11.3 Å². The maximum atomic E-state index is 10.9. The monoisotopic (exact) mass is 226 g/mol. The highest BCUT2D eigenvalue weighted by Crippen LogP contribution is 2.10. The molecule has 1 heterocycles. The standard InChI is InChI=1S/C6H10N4O.2ClH/c1-10(2)5-4(3-8-5)6(11)9-7;;/h3H,7H2,1-2H3,(H,9,11);2*1H. The fourth-order valence-electron chi connectivity index (χ4n) is 0.781. The maximum Gasteiger partial charge on any atom is 0.270 e. The van der Waals surface area contributed by atoms with Crippen molar-refractivity contribution in [1.82, 2.24) is 10.3 Å². The Morgan fingerprint density at radius 1 is 1.54 bits per heavy atom. The lowest BCUT2D eigenvalue weighted by molar-refractivity contribution is -0.117. The van der Waals surface area contributed by atoms with Crippen LogP contribution in [0, 0.1) is 0 Å². The van der Waals surface area contributed by atoms with Gasteiger partial charge in [-0.3, -0.25) is 10.2 Å². The van der Waals surface area contributed by atoms with E-state index in [1.165, 1.54) is 6.20 Å². The van der Waals surface area contributed by atoms with Crippen LogP contribution in [0.25, 0.3) is 0 Å². The van der Waals surface area contributed by atoms with Crippen molar-refractivity contribution in [2.75, 3.05) is 14.1 Å². The van der Waals surface area contributed by atoms with Gasteiger partial charge >= 0.3 is 0 Å². The number of amides is 1. The molecule has 76 valence electrons. The molecule has 13 heavy (non-hydrogen) atoms. The lowest BCUT2D eigenvalue weighted by Crippen LogP contribution is -2.40. The van der Waals surface area contributed by atoms with Gasteiger partial charge in [0.05, 0.1) is 0 Å². The predicted octanol–water partition coefficient (Wildman–Crippen LogP) is -0.322. The van der Waals surface area contributed by atoms with Crippen LogP contribution >= 0.6 is 24.8 Å². The molecule has 0 aromatic rings. The average molecular weight is 227 g/mol. The van der Waals surface area contributed by atoms with Gasteiger partial charge < -0.3 is 4.90 Å². The Balaban J connectivity index is 0. The molecule has 3 N–H and O–H groups in total. The number of hydrazine groups is 1. The molecule has 0 radical (unpaired) electrons. The first kappa shape index (κ1) is 14.7. The van der Waals surface area contributed by atoms with Gasteiger partial charge in [0.2, 0.25) is 0 Å². The Hall–Kier alpha value is -0.780. The third kappa shape index (κ3) is 2.87. The van der Waals surface area contributed by atoms with E-state index in [1.807, 2.05) is 19.5 Å². The van der Waals surface area contributed by atoms with Crippen molar-refractivity contribution < 1.29 is 4.79 Å². The summed E-state index contributed by atoms with van der Waals surface area (Å²) in [5.74, 6) is 5.29. The number of nitrogens with zero attached hydrogens (tertiary/aromatic N) is 2. The van der Waals surface area contributed by atoms with Gasteiger partial charge in [0.25, 0.3) is 5.91 Å². The first-order valence-corrected chi connectivity index (χ1v) is 3.13. The van der Waals surface area contributed by atoms with Gasteiger partial charge in [-0.25, -0.2) is 10.8 Å². The molecule has 1 rings (SSSR count). The number of hydrogen-bond donors (Lipinski definition) is 2. The molecule has 0 aromatic heterocycles. The van der Waals surface area contributed by atoms with Crippen molar-refractivity contribution in [1.29, 1.82) is 0 Å². The lowest BCUT2D eigenvalue weighted by Gasteiger charge is -2.21. The molecule has 0 aliphatic carbocycles. The number of nitrogens with one attached hydrogen (secondary N) is 1. The number of carbonyl (C=O) groups is 1. The zero-order valence-corrected chi connectivity index (χ0v) is 8.91. The minimum Gasteiger partial charge on any atom is -0.362 e. The van der Waals surface area contributed by atoms with Crippen molar-refractivity contribution in [2.24, 2.45) is 10.8 Å². The fraction of sp³-hybridized carbons (Fsp3) is 0.333.